The van der Waals surface area contributed by atoms with E-state index < -0.39 is 5.82 Å². The third-order valence-corrected chi connectivity index (χ3v) is 9.85. The number of amides is 2. The molecule has 2 amide bonds. The van der Waals surface area contributed by atoms with Crippen molar-refractivity contribution in [2.45, 2.75) is 84.0 Å². The summed E-state index contributed by atoms with van der Waals surface area (Å²) >= 11 is 0. The van der Waals surface area contributed by atoms with Crippen molar-refractivity contribution in [3.8, 4) is 11.5 Å². The third-order valence-electron chi connectivity index (χ3n) is 9.85. The molecule has 1 N–H and O–H groups in total. The summed E-state index contributed by atoms with van der Waals surface area (Å²) in [5.41, 5.74) is 1.54. The van der Waals surface area contributed by atoms with Gasteiger partial charge in [0, 0.05) is 49.7 Å². The second kappa shape index (κ2) is 11.5. The summed E-state index contributed by atoms with van der Waals surface area (Å²) in [7, 11) is 0. The van der Waals surface area contributed by atoms with E-state index in [1.165, 1.54) is 30.1 Å². The SMILES string of the molecule is C=C1C[C@@H]2CC[C@H]1N[C@@H]2C(=O)N1CCC2(CC1)CN(c1ncncc1Oc1ccc(F)cc1C(=O)N(C(C)C)C(C)C)C2. The second-order valence-corrected chi connectivity index (χ2v) is 13.4. The first-order valence-electron chi connectivity index (χ1n) is 15.6. The second-order valence-electron chi connectivity index (χ2n) is 13.4. The van der Waals surface area contributed by atoms with E-state index in [2.05, 4.69) is 31.7 Å². The fourth-order valence-electron chi connectivity index (χ4n) is 7.61. The number of carbonyl (C=O) groups is 2. The lowest BCUT2D eigenvalue weighted by atomic mass is 9.71. The minimum Gasteiger partial charge on any atom is -0.451 e. The molecule has 4 aliphatic heterocycles. The summed E-state index contributed by atoms with van der Waals surface area (Å²) < 4.78 is 20.6. The van der Waals surface area contributed by atoms with Crippen molar-refractivity contribution >= 4 is 17.6 Å². The molecule has 0 radical (unpaired) electrons. The first-order chi connectivity index (χ1) is 20.5. The highest BCUT2D eigenvalue weighted by atomic mass is 19.1. The zero-order valence-electron chi connectivity index (χ0n) is 25.7. The van der Waals surface area contributed by atoms with Crippen LogP contribution in [0.3, 0.4) is 0 Å². The number of hydrogen-bond donors (Lipinski definition) is 1. The van der Waals surface area contributed by atoms with Crippen molar-refractivity contribution < 1.29 is 18.7 Å². The summed E-state index contributed by atoms with van der Waals surface area (Å²) in [5.74, 6) is 1.16. The number of anilines is 1. The predicted molar refractivity (Wildman–Crippen MR) is 163 cm³/mol. The van der Waals surface area contributed by atoms with Crippen molar-refractivity contribution in [1.82, 2.24) is 25.1 Å². The van der Waals surface area contributed by atoms with Gasteiger partial charge in [-0.1, -0.05) is 12.2 Å². The molecule has 3 atom stereocenters. The number of halogens is 1. The summed E-state index contributed by atoms with van der Waals surface area (Å²) in [4.78, 5) is 41.6. The number of nitrogens with one attached hydrogen (secondary N) is 1. The van der Waals surface area contributed by atoms with Crippen molar-refractivity contribution in [2.75, 3.05) is 31.1 Å². The number of likely N-dealkylation sites (tertiary alicyclic amines) is 1. The lowest BCUT2D eigenvalue weighted by molar-refractivity contribution is -0.139. The van der Waals surface area contributed by atoms with Crippen LogP contribution in [0.4, 0.5) is 10.2 Å². The largest absolute Gasteiger partial charge is 0.451 e. The van der Waals surface area contributed by atoms with Crippen molar-refractivity contribution in [3.63, 3.8) is 0 Å². The minimum absolute atomic E-state index is 0.0627. The van der Waals surface area contributed by atoms with Crippen molar-refractivity contribution in [2.24, 2.45) is 11.3 Å². The molecule has 43 heavy (non-hydrogen) atoms. The van der Waals surface area contributed by atoms with E-state index in [0.29, 0.717) is 17.5 Å². The van der Waals surface area contributed by atoms with Crippen LogP contribution >= 0.6 is 0 Å². The molecule has 1 aliphatic carbocycles. The molecular weight excluding hydrogens is 547 g/mol. The Morgan fingerprint density at radius 2 is 1.84 bits per heavy atom. The molecule has 5 heterocycles. The van der Waals surface area contributed by atoms with E-state index in [4.69, 9.17) is 4.74 Å². The van der Waals surface area contributed by atoms with Crippen LogP contribution in [0.15, 0.2) is 42.9 Å². The normalized spacial score (nSPS) is 24.4. The maximum absolute atomic E-state index is 14.3. The van der Waals surface area contributed by atoms with Crippen molar-refractivity contribution in [1.29, 1.82) is 0 Å². The Bertz CT molecular complexity index is 1390. The number of piperidine rings is 3. The lowest BCUT2D eigenvalue weighted by Gasteiger charge is -2.55. The molecule has 2 bridgehead atoms. The average Bonchev–Trinajstić information content (AvgIpc) is 2.97. The Morgan fingerprint density at radius 1 is 1.12 bits per heavy atom. The molecule has 7 rings (SSSR count). The lowest BCUT2D eigenvalue weighted by Crippen LogP contribution is -2.64. The van der Waals surface area contributed by atoms with Gasteiger partial charge in [-0.05, 0) is 83.9 Å². The van der Waals surface area contributed by atoms with Crippen LogP contribution < -0.4 is 15.0 Å². The number of fused-ring (bicyclic) bond motifs is 3. The van der Waals surface area contributed by atoms with Gasteiger partial charge in [0.2, 0.25) is 5.91 Å². The molecule has 4 saturated heterocycles. The standard InChI is InChI=1S/C33H43FN6O3/c1-20(2)40(21(3)4)31(41)25-15-24(34)7-9-27(25)43-28-16-35-19-36-30(28)39-17-33(18-39)10-12-38(13-11-33)32(42)29-23-6-8-26(37-29)22(5)14-23/h7,9,15-16,19-21,23,26,29,37H,5-6,8,10-14,17-18H2,1-4H3/t23-,26+,29-/m0/s1. The molecule has 1 aromatic heterocycles. The molecule has 2 aromatic rings. The van der Waals surface area contributed by atoms with Gasteiger partial charge in [-0.25, -0.2) is 14.4 Å². The Kier molecular flexibility index (Phi) is 7.91. The zero-order chi connectivity index (χ0) is 30.5. The minimum atomic E-state index is -0.501. The van der Waals surface area contributed by atoms with Crippen LogP contribution in [0, 0.1) is 17.2 Å². The first-order valence-corrected chi connectivity index (χ1v) is 15.6. The van der Waals surface area contributed by atoms with E-state index in [1.54, 1.807) is 11.1 Å². The van der Waals surface area contributed by atoms with E-state index in [0.717, 1.165) is 58.3 Å². The van der Waals surface area contributed by atoms with Gasteiger partial charge >= 0.3 is 0 Å². The predicted octanol–water partition coefficient (Wildman–Crippen LogP) is 4.79. The van der Waals surface area contributed by atoms with Gasteiger partial charge in [0.1, 0.15) is 17.9 Å². The number of benzene rings is 1. The molecule has 0 unspecified atom stereocenters. The molecule has 10 heteroatoms. The van der Waals surface area contributed by atoms with Crippen molar-refractivity contribution in [3.05, 3.63) is 54.3 Å². The van der Waals surface area contributed by atoms with Gasteiger partial charge in [-0.2, -0.15) is 0 Å². The highest BCUT2D eigenvalue weighted by Crippen LogP contribution is 2.45. The van der Waals surface area contributed by atoms with Crippen LogP contribution in [-0.4, -0.2) is 81.9 Å². The Morgan fingerprint density at radius 3 is 2.47 bits per heavy atom. The quantitative estimate of drug-likeness (QED) is 0.464. The van der Waals surface area contributed by atoms with Crippen LogP contribution in [-0.2, 0) is 4.79 Å². The maximum atomic E-state index is 14.3. The summed E-state index contributed by atoms with van der Waals surface area (Å²) in [5, 5.41) is 3.56. The van der Waals surface area contributed by atoms with Crippen LogP contribution in [0.2, 0.25) is 0 Å². The molecule has 230 valence electrons. The fraction of sp³-hybridized carbons (Fsp3) is 0.576. The molecule has 5 fully saturated rings. The van der Waals surface area contributed by atoms with Crippen LogP contribution in [0.1, 0.15) is 70.2 Å². The highest BCUT2D eigenvalue weighted by molar-refractivity contribution is 5.97. The van der Waals surface area contributed by atoms with E-state index in [-0.39, 0.29) is 52.7 Å². The molecule has 1 saturated carbocycles. The molecule has 9 nitrogen and oxygen atoms in total. The maximum Gasteiger partial charge on any atom is 0.258 e. The van der Waals surface area contributed by atoms with E-state index >= 15 is 0 Å². The van der Waals surface area contributed by atoms with Crippen LogP contribution in [0.5, 0.6) is 11.5 Å². The first kappa shape index (κ1) is 29.5. The third kappa shape index (κ3) is 5.61. The Hall–Kier alpha value is -3.53. The number of nitrogens with zero attached hydrogens (tertiary/aromatic N) is 5. The number of carbonyl (C=O) groups excluding carboxylic acids is 2. The number of aromatic nitrogens is 2. The van der Waals surface area contributed by atoms with Gasteiger partial charge in [-0.3, -0.25) is 14.9 Å². The van der Waals surface area contributed by atoms with E-state index in [9.17, 15) is 14.0 Å². The molecule has 1 aromatic carbocycles. The highest BCUT2D eigenvalue weighted by Gasteiger charge is 2.49. The summed E-state index contributed by atoms with van der Waals surface area (Å²) in [6.07, 6.45) is 8.13. The van der Waals surface area contributed by atoms with Gasteiger partial charge in [0.25, 0.3) is 5.91 Å². The van der Waals surface area contributed by atoms with Gasteiger partial charge in [0.05, 0.1) is 17.8 Å². The number of rotatable bonds is 7. The van der Waals surface area contributed by atoms with Gasteiger partial charge < -0.3 is 19.4 Å². The summed E-state index contributed by atoms with van der Waals surface area (Å²) in [6, 6.07) is 4.10. The summed E-state index contributed by atoms with van der Waals surface area (Å²) in [6.45, 7) is 15.1. The van der Waals surface area contributed by atoms with Gasteiger partial charge in [0.15, 0.2) is 11.6 Å². The van der Waals surface area contributed by atoms with E-state index in [1.807, 2.05) is 27.7 Å². The molecular formula is C33H43FN6O3. The fourth-order valence-corrected chi connectivity index (χ4v) is 7.61. The Labute approximate surface area is 253 Å². The number of ether oxygens (including phenoxy) is 1. The molecule has 1 spiro atoms. The number of hydrogen-bond acceptors (Lipinski definition) is 7. The smallest absolute Gasteiger partial charge is 0.258 e. The Balaban J connectivity index is 1.11. The monoisotopic (exact) mass is 590 g/mol. The zero-order valence-corrected chi connectivity index (χ0v) is 25.7. The average molecular weight is 591 g/mol. The molecule has 5 aliphatic rings. The van der Waals surface area contributed by atoms with Gasteiger partial charge in [-0.15, -0.1) is 0 Å². The topological polar surface area (TPSA) is 90.9 Å². The van der Waals surface area contributed by atoms with Crippen LogP contribution in [0.25, 0.3) is 0 Å².